The molecule has 0 bridgehead atoms. The van der Waals surface area contributed by atoms with Crippen LogP contribution in [-0.4, -0.2) is 73.1 Å². The van der Waals surface area contributed by atoms with E-state index < -0.39 is 41.7 Å². The molecule has 2 aromatic carbocycles. The smallest absolute Gasteiger partial charge is 0.416 e. The molecular weight excluding hydrogens is 551 g/mol. The normalized spacial score (nSPS) is 14.3. The first-order valence-corrected chi connectivity index (χ1v) is 13.6. The van der Waals surface area contributed by atoms with E-state index in [0.29, 0.717) is 49.1 Å². The molecule has 0 aliphatic rings. The number of nitrogens with two attached hydrogens (primary N) is 3. The van der Waals surface area contributed by atoms with Crippen LogP contribution in [0.4, 0.5) is 18.9 Å². The number of fused-ring (bicyclic) bond motifs is 1. The third-order valence-electron chi connectivity index (χ3n) is 7.20. The van der Waals surface area contributed by atoms with E-state index in [1.807, 2.05) is 13.1 Å². The van der Waals surface area contributed by atoms with Crippen molar-refractivity contribution >= 4 is 28.4 Å². The van der Waals surface area contributed by atoms with E-state index in [0.717, 1.165) is 29.7 Å². The van der Waals surface area contributed by atoms with Crippen LogP contribution in [0.15, 0.2) is 60.8 Å². The van der Waals surface area contributed by atoms with E-state index in [1.54, 1.807) is 24.3 Å². The van der Waals surface area contributed by atoms with Crippen LogP contribution < -0.4 is 32.9 Å². The first-order valence-electron chi connectivity index (χ1n) is 13.6. The average molecular weight is 590 g/mol. The van der Waals surface area contributed by atoms with Gasteiger partial charge in [-0.3, -0.25) is 14.6 Å². The van der Waals surface area contributed by atoms with Crippen molar-refractivity contribution in [1.29, 1.82) is 0 Å². The largest absolute Gasteiger partial charge is 0.847 e. The fourth-order valence-electron chi connectivity index (χ4n) is 4.74. The second-order valence-electron chi connectivity index (χ2n) is 10.5. The first-order chi connectivity index (χ1) is 19.9. The number of aromatic nitrogens is 1. The molecule has 8 N–H and O–H groups in total. The lowest BCUT2D eigenvalue weighted by Gasteiger charge is -2.34. The topological polar surface area (TPSA) is 172 Å². The predicted molar refractivity (Wildman–Crippen MR) is 153 cm³/mol. The summed E-state index contributed by atoms with van der Waals surface area (Å²) in [5.41, 5.74) is 17.5. The number of rotatable bonds is 14. The molecular formula is C29H38F3N7O3. The Bertz CT molecular complexity index is 1330. The second kappa shape index (κ2) is 14.5. The number of amides is 2. The summed E-state index contributed by atoms with van der Waals surface area (Å²) in [4.78, 5) is 30.7. The number of alkyl halides is 3. The number of nitrogens with zero attached hydrogens (tertiary/aromatic N) is 2. The van der Waals surface area contributed by atoms with Gasteiger partial charge in [-0.15, -0.1) is 0 Å². The zero-order valence-corrected chi connectivity index (χ0v) is 23.4. The molecule has 0 saturated carbocycles. The van der Waals surface area contributed by atoms with E-state index in [4.69, 9.17) is 17.2 Å². The third kappa shape index (κ3) is 8.94. The summed E-state index contributed by atoms with van der Waals surface area (Å²) in [6, 6.07) is 9.64. The number of benzene rings is 2. The summed E-state index contributed by atoms with van der Waals surface area (Å²) in [5.74, 6) is -1.59. The Morgan fingerprint density at radius 3 is 2.26 bits per heavy atom. The molecule has 0 radical (unpaired) electrons. The Hall–Kier alpha value is -3.62. The zero-order chi connectivity index (χ0) is 30.9. The molecule has 1 aromatic heterocycles. The zero-order valence-electron chi connectivity index (χ0n) is 23.4. The predicted octanol–water partition coefficient (Wildman–Crippen LogP) is 1.25. The summed E-state index contributed by atoms with van der Waals surface area (Å²) in [6.07, 6.45) is -4.29. The van der Waals surface area contributed by atoms with Gasteiger partial charge in [0.2, 0.25) is 11.8 Å². The van der Waals surface area contributed by atoms with Crippen molar-refractivity contribution in [2.24, 2.45) is 17.2 Å². The van der Waals surface area contributed by atoms with Gasteiger partial charge < -0.3 is 37.4 Å². The number of anilines is 1. The number of quaternary nitrogens is 1. The number of likely N-dealkylation sites (N-methyl/N-ethyl adjacent to an activating group) is 1. The lowest BCUT2D eigenvalue weighted by molar-refractivity contribution is -0.907. The first kappa shape index (κ1) is 32.9. The SMILES string of the molecule is C[N+](CCN)(CCN)CCC[C@H](N)C(=O)N[C@@H](C(=O)Nc1cnc2ccccc2c1)[C@@H]([O-])c1ccc(C(F)(F)F)cc1. The molecule has 0 saturated heterocycles. The molecule has 0 spiro atoms. The summed E-state index contributed by atoms with van der Waals surface area (Å²) in [6.45, 7) is 3.03. The molecule has 0 fully saturated rings. The Kier molecular flexibility index (Phi) is 11.4. The molecule has 42 heavy (non-hydrogen) atoms. The van der Waals surface area contributed by atoms with Gasteiger partial charge in [0.15, 0.2) is 0 Å². The summed E-state index contributed by atoms with van der Waals surface area (Å²) >= 11 is 0. The van der Waals surface area contributed by atoms with Gasteiger partial charge in [-0.25, -0.2) is 0 Å². The Balaban J connectivity index is 1.77. The monoisotopic (exact) mass is 589 g/mol. The number of hydrogen-bond acceptors (Lipinski definition) is 7. The van der Waals surface area contributed by atoms with Crippen molar-refractivity contribution in [3.05, 3.63) is 71.9 Å². The molecule has 13 heteroatoms. The van der Waals surface area contributed by atoms with Crippen molar-refractivity contribution in [2.75, 3.05) is 45.1 Å². The van der Waals surface area contributed by atoms with E-state index >= 15 is 0 Å². The number of para-hydroxylation sites is 1. The lowest BCUT2D eigenvalue weighted by atomic mass is 9.99. The standard InChI is InChI=1S/C29H38F3N7O3/c1-39(15-12-33,16-13-34)14-4-6-23(35)27(41)38-25(26(40)19-8-10-21(11-9-19)29(30,31)32)28(42)37-22-17-20-5-2-3-7-24(20)36-18-22/h2-3,5,7-11,17-18,23,25-26H,4,6,12-16,33-35H2,1H3,(H,37,42)(H,38,41)/t23-,25+,26-/m0/s1. The van der Waals surface area contributed by atoms with Gasteiger partial charge in [0, 0.05) is 18.5 Å². The Morgan fingerprint density at radius 2 is 1.64 bits per heavy atom. The van der Waals surface area contributed by atoms with Gasteiger partial charge in [-0.2, -0.15) is 13.2 Å². The molecule has 0 aliphatic heterocycles. The van der Waals surface area contributed by atoms with Crippen LogP contribution in [0.1, 0.15) is 30.1 Å². The highest BCUT2D eigenvalue weighted by Gasteiger charge is 2.31. The van der Waals surface area contributed by atoms with Gasteiger partial charge in [0.05, 0.1) is 61.7 Å². The van der Waals surface area contributed by atoms with Crippen molar-refractivity contribution < 1.29 is 32.3 Å². The number of carbonyl (C=O) groups is 2. The van der Waals surface area contributed by atoms with E-state index in [-0.39, 0.29) is 17.7 Å². The van der Waals surface area contributed by atoms with Crippen molar-refractivity contribution in [1.82, 2.24) is 10.3 Å². The third-order valence-corrected chi connectivity index (χ3v) is 7.20. The van der Waals surface area contributed by atoms with Crippen LogP contribution in [-0.2, 0) is 15.8 Å². The van der Waals surface area contributed by atoms with E-state index in [2.05, 4.69) is 15.6 Å². The minimum atomic E-state index is -4.60. The molecule has 0 aliphatic carbocycles. The maximum absolute atomic E-state index is 13.4. The van der Waals surface area contributed by atoms with Gasteiger partial charge >= 0.3 is 6.18 Å². The Morgan fingerprint density at radius 1 is 1.00 bits per heavy atom. The maximum atomic E-state index is 13.4. The molecule has 2 amide bonds. The van der Waals surface area contributed by atoms with Crippen LogP contribution in [0.25, 0.3) is 10.9 Å². The minimum absolute atomic E-state index is 0.106. The Labute approximate surface area is 242 Å². The number of hydrogen-bond donors (Lipinski definition) is 5. The van der Waals surface area contributed by atoms with Crippen LogP contribution in [0.3, 0.4) is 0 Å². The van der Waals surface area contributed by atoms with Gasteiger partial charge in [0.1, 0.15) is 0 Å². The fraction of sp³-hybridized carbons (Fsp3) is 0.414. The highest BCUT2D eigenvalue weighted by molar-refractivity contribution is 5.99. The molecule has 0 unspecified atom stereocenters. The van der Waals surface area contributed by atoms with Crippen LogP contribution in [0.2, 0.25) is 0 Å². The molecule has 3 atom stereocenters. The molecule has 1 heterocycles. The quantitative estimate of drug-likeness (QED) is 0.176. The van der Waals surface area contributed by atoms with Crippen molar-refractivity contribution in [3.8, 4) is 0 Å². The number of carbonyl (C=O) groups excluding carboxylic acids is 2. The van der Waals surface area contributed by atoms with E-state index in [1.165, 1.54) is 6.20 Å². The summed E-state index contributed by atoms with van der Waals surface area (Å²) < 4.78 is 39.8. The number of pyridine rings is 1. The van der Waals surface area contributed by atoms with Crippen LogP contribution in [0.5, 0.6) is 0 Å². The molecule has 10 nitrogen and oxygen atoms in total. The molecule has 3 rings (SSSR count). The highest BCUT2D eigenvalue weighted by atomic mass is 19.4. The van der Waals surface area contributed by atoms with Crippen molar-refractivity contribution in [3.63, 3.8) is 0 Å². The van der Waals surface area contributed by atoms with Gasteiger partial charge in [-0.1, -0.05) is 42.0 Å². The molecule has 3 aromatic rings. The van der Waals surface area contributed by atoms with Gasteiger partial charge in [-0.05, 0) is 37.1 Å². The maximum Gasteiger partial charge on any atom is 0.416 e. The summed E-state index contributed by atoms with van der Waals surface area (Å²) in [7, 11) is 2.01. The summed E-state index contributed by atoms with van der Waals surface area (Å²) in [5, 5.41) is 19.2. The van der Waals surface area contributed by atoms with E-state index in [9.17, 15) is 27.9 Å². The van der Waals surface area contributed by atoms with Crippen molar-refractivity contribution in [2.45, 2.75) is 37.2 Å². The highest BCUT2D eigenvalue weighted by Crippen LogP contribution is 2.30. The minimum Gasteiger partial charge on any atom is -0.847 e. The average Bonchev–Trinajstić information content (AvgIpc) is 2.95. The lowest BCUT2D eigenvalue weighted by Crippen LogP contribution is -2.55. The number of halogens is 3. The fourth-order valence-corrected chi connectivity index (χ4v) is 4.74. The molecule has 228 valence electrons. The number of nitrogens with one attached hydrogen (secondary N) is 2. The second-order valence-corrected chi connectivity index (χ2v) is 10.5. The van der Waals surface area contributed by atoms with Gasteiger partial charge in [0.25, 0.3) is 0 Å². The van der Waals surface area contributed by atoms with Crippen LogP contribution >= 0.6 is 0 Å². The van der Waals surface area contributed by atoms with Crippen LogP contribution in [0, 0.1) is 0 Å².